The maximum Gasteiger partial charge on any atom is 0.244 e. The minimum Gasteiger partial charge on any atom is -0.355 e. The summed E-state index contributed by atoms with van der Waals surface area (Å²) in [6.07, 6.45) is 6.28. The van der Waals surface area contributed by atoms with Crippen LogP contribution in [0.5, 0.6) is 0 Å². The van der Waals surface area contributed by atoms with Gasteiger partial charge in [-0.15, -0.1) is 0 Å². The zero-order valence-corrected chi connectivity index (χ0v) is 15.7. The van der Waals surface area contributed by atoms with Gasteiger partial charge in [-0.05, 0) is 31.4 Å². The van der Waals surface area contributed by atoms with Crippen molar-refractivity contribution >= 4 is 27.7 Å². The molecular weight excluding hydrogens is 346 g/mol. The number of aromatic nitrogens is 1. The van der Waals surface area contributed by atoms with E-state index in [1.165, 1.54) is 18.0 Å². The first-order chi connectivity index (χ1) is 11.5. The number of carbonyl (C=O) groups excluding carboxylic acids is 1. The molecule has 1 saturated heterocycles. The van der Waals surface area contributed by atoms with E-state index in [9.17, 15) is 13.2 Å². The molecule has 0 unspecified atom stereocenters. The molecule has 1 aromatic heterocycles. The second-order valence-corrected chi connectivity index (χ2v) is 8.72. The molecule has 6 nitrogen and oxygen atoms in total. The first-order valence-corrected chi connectivity index (χ1v) is 10.8. The minimum absolute atomic E-state index is 0.0371. The Labute approximate surface area is 148 Å². The van der Waals surface area contributed by atoms with Gasteiger partial charge in [-0.3, -0.25) is 4.79 Å². The lowest BCUT2D eigenvalue weighted by Gasteiger charge is -2.19. The summed E-state index contributed by atoms with van der Waals surface area (Å²) < 4.78 is 26.9. The van der Waals surface area contributed by atoms with E-state index in [-0.39, 0.29) is 16.6 Å². The number of carbonyl (C=O) groups is 1. The van der Waals surface area contributed by atoms with Gasteiger partial charge in [-0.1, -0.05) is 31.5 Å². The number of hydrogen-bond acceptors (Lipinski definition) is 5. The van der Waals surface area contributed by atoms with Crippen LogP contribution in [0, 0.1) is 0 Å². The molecule has 24 heavy (non-hydrogen) atoms. The van der Waals surface area contributed by atoms with Gasteiger partial charge in [0.15, 0.2) is 0 Å². The Morgan fingerprint density at radius 1 is 1.25 bits per heavy atom. The molecule has 0 atom stereocenters. The van der Waals surface area contributed by atoms with Crippen LogP contribution in [0.1, 0.15) is 39.0 Å². The first-order valence-electron chi connectivity index (χ1n) is 8.39. The lowest BCUT2D eigenvalue weighted by atomic mass is 10.2. The van der Waals surface area contributed by atoms with Gasteiger partial charge < -0.3 is 5.32 Å². The van der Waals surface area contributed by atoms with E-state index in [0.29, 0.717) is 24.7 Å². The molecule has 8 heteroatoms. The lowest BCUT2D eigenvalue weighted by Crippen LogP contribution is -2.32. The largest absolute Gasteiger partial charge is 0.355 e. The molecule has 2 rings (SSSR count). The summed E-state index contributed by atoms with van der Waals surface area (Å²) in [5.41, 5.74) is 0. The van der Waals surface area contributed by atoms with Crippen molar-refractivity contribution in [2.75, 3.05) is 25.4 Å². The number of sulfonamides is 1. The molecule has 2 heterocycles. The van der Waals surface area contributed by atoms with E-state index in [1.807, 2.05) is 6.92 Å². The highest BCUT2D eigenvalue weighted by Gasteiger charge is 2.25. The SMILES string of the molecule is CCCNC(=O)CSc1ccc(S(=O)(=O)N2CCCCCC2)cn1. The third-order valence-corrected chi connectivity index (χ3v) is 6.66. The Morgan fingerprint density at radius 2 is 1.96 bits per heavy atom. The molecular formula is C16H25N3O3S2. The molecule has 0 radical (unpaired) electrons. The highest BCUT2D eigenvalue weighted by molar-refractivity contribution is 7.99. The van der Waals surface area contributed by atoms with E-state index in [4.69, 9.17) is 0 Å². The number of pyridine rings is 1. The van der Waals surface area contributed by atoms with Crippen LogP contribution >= 0.6 is 11.8 Å². The summed E-state index contributed by atoms with van der Waals surface area (Å²) >= 11 is 1.31. The first kappa shape index (κ1) is 19.2. The fraction of sp³-hybridized carbons (Fsp3) is 0.625. The molecule has 1 aliphatic heterocycles. The molecule has 1 aromatic rings. The predicted octanol–water partition coefficient (Wildman–Crippen LogP) is 2.26. The van der Waals surface area contributed by atoms with Crippen molar-refractivity contribution in [1.82, 2.24) is 14.6 Å². The van der Waals surface area contributed by atoms with E-state index >= 15 is 0 Å². The monoisotopic (exact) mass is 371 g/mol. The average molecular weight is 372 g/mol. The highest BCUT2D eigenvalue weighted by Crippen LogP contribution is 2.22. The van der Waals surface area contributed by atoms with Gasteiger partial charge in [0, 0.05) is 25.8 Å². The van der Waals surface area contributed by atoms with Crippen molar-refractivity contribution in [3.63, 3.8) is 0 Å². The van der Waals surface area contributed by atoms with Gasteiger partial charge in [0.25, 0.3) is 0 Å². The van der Waals surface area contributed by atoms with Crippen molar-refractivity contribution < 1.29 is 13.2 Å². The zero-order chi connectivity index (χ0) is 17.4. The predicted molar refractivity (Wildman–Crippen MR) is 95.5 cm³/mol. The van der Waals surface area contributed by atoms with Crippen molar-refractivity contribution in [1.29, 1.82) is 0 Å². The van der Waals surface area contributed by atoms with Gasteiger partial charge >= 0.3 is 0 Å². The molecule has 0 aromatic carbocycles. The van der Waals surface area contributed by atoms with E-state index in [2.05, 4.69) is 10.3 Å². The van der Waals surface area contributed by atoms with E-state index < -0.39 is 10.0 Å². The molecule has 0 bridgehead atoms. The van der Waals surface area contributed by atoms with Crippen molar-refractivity contribution in [2.24, 2.45) is 0 Å². The second kappa shape index (κ2) is 9.39. The number of thioether (sulfide) groups is 1. The fourth-order valence-corrected chi connectivity index (χ4v) is 4.63. The summed E-state index contributed by atoms with van der Waals surface area (Å²) in [6.45, 7) is 3.82. The van der Waals surface area contributed by atoms with Crippen LogP contribution in [0.25, 0.3) is 0 Å². The molecule has 0 spiro atoms. The van der Waals surface area contributed by atoms with E-state index in [0.717, 1.165) is 32.1 Å². The summed E-state index contributed by atoms with van der Waals surface area (Å²) in [7, 11) is -3.46. The van der Waals surface area contributed by atoms with Gasteiger partial charge in [-0.25, -0.2) is 13.4 Å². The van der Waals surface area contributed by atoms with Crippen LogP contribution in [0.15, 0.2) is 28.3 Å². The van der Waals surface area contributed by atoms with Crippen LogP contribution in [0.3, 0.4) is 0 Å². The molecule has 134 valence electrons. The van der Waals surface area contributed by atoms with Crippen molar-refractivity contribution in [3.05, 3.63) is 18.3 Å². The van der Waals surface area contributed by atoms with Gasteiger partial charge in [0.1, 0.15) is 4.90 Å². The summed E-state index contributed by atoms with van der Waals surface area (Å²) in [4.78, 5) is 16.0. The average Bonchev–Trinajstić information content (AvgIpc) is 2.88. The summed E-state index contributed by atoms with van der Waals surface area (Å²) in [6, 6.07) is 3.25. The second-order valence-electron chi connectivity index (χ2n) is 5.79. The lowest BCUT2D eigenvalue weighted by molar-refractivity contribution is -0.118. The Bertz CT molecular complexity index is 624. The van der Waals surface area contributed by atoms with Crippen molar-refractivity contribution in [3.8, 4) is 0 Å². The maximum atomic E-state index is 12.7. The summed E-state index contributed by atoms with van der Waals surface area (Å²) in [5, 5.41) is 3.45. The molecule has 1 N–H and O–H groups in total. The third-order valence-electron chi connectivity index (χ3n) is 3.84. The standard InChI is InChI=1S/C16H25N3O3S2/c1-2-9-17-15(20)13-23-16-8-7-14(12-18-16)24(21,22)19-10-5-3-4-6-11-19/h7-8,12H,2-6,9-11,13H2,1H3,(H,17,20). The topological polar surface area (TPSA) is 79.4 Å². The van der Waals surface area contributed by atoms with Crippen molar-refractivity contribution in [2.45, 2.75) is 48.9 Å². The third kappa shape index (κ3) is 5.46. The Morgan fingerprint density at radius 3 is 2.54 bits per heavy atom. The van der Waals surface area contributed by atoms with Gasteiger partial charge in [-0.2, -0.15) is 4.31 Å². The minimum atomic E-state index is -3.46. The molecule has 1 aliphatic rings. The summed E-state index contributed by atoms with van der Waals surface area (Å²) in [5.74, 6) is 0.246. The van der Waals surface area contributed by atoms with Gasteiger partial charge in [0.05, 0.1) is 10.8 Å². The number of hydrogen-bond donors (Lipinski definition) is 1. The molecule has 0 saturated carbocycles. The van der Waals surface area contributed by atoms with Crippen LogP contribution in [0.2, 0.25) is 0 Å². The fourth-order valence-electron chi connectivity index (χ4n) is 2.49. The van der Waals surface area contributed by atoms with E-state index in [1.54, 1.807) is 16.4 Å². The number of nitrogens with one attached hydrogen (secondary N) is 1. The Kier molecular flexibility index (Phi) is 7.51. The zero-order valence-electron chi connectivity index (χ0n) is 14.0. The molecule has 1 amide bonds. The maximum absolute atomic E-state index is 12.7. The number of nitrogens with zero attached hydrogens (tertiary/aromatic N) is 2. The normalized spacial score (nSPS) is 16.5. The molecule has 0 aliphatic carbocycles. The van der Waals surface area contributed by atoms with Gasteiger partial charge in [0.2, 0.25) is 15.9 Å². The highest BCUT2D eigenvalue weighted by atomic mass is 32.2. The Hall–Kier alpha value is -1.12. The van der Waals surface area contributed by atoms with Crippen LogP contribution < -0.4 is 5.32 Å². The smallest absolute Gasteiger partial charge is 0.244 e. The number of amides is 1. The van der Waals surface area contributed by atoms with Crippen LogP contribution in [-0.4, -0.2) is 49.0 Å². The van der Waals surface area contributed by atoms with Crippen LogP contribution in [-0.2, 0) is 14.8 Å². The quantitative estimate of drug-likeness (QED) is 0.744. The molecule has 1 fully saturated rings. The van der Waals surface area contributed by atoms with Crippen LogP contribution in [0.4, 0.5) is 0 Å². The Balaban J connectivity index is 1.96. The number of rotatable bonds is 7.